The summed E-state index contributed by atoms with van der Waals surface area (Å²) in [5.74, 6) is 0.958. The average molecular weight is 288 g/mol. The second kappa shape index (κ2) is 6.43. The fraction of sp³-hybridized carbons (Fsp3) is 0.625. The van der Waals surface area contributed by atoms with Gasteiger partial charge in [-0.1, -0.05) is 24.1 Å². The molecule has 21 heavy (non-hydrogen) atoms. The first-order chi connectivity index (χ1) is 10.3. The van der Waals surface area contributed by atoms with Crippen LogP contribution in [0.3, 0.4) is 0 Å². The highest BCUT2D eigenvalue weighted by molar-refractivity contribution is 5.96. The molecule has 5 nitrogen and oxygen atoms in total. The zero-order chi connectivity index (χ0) is 14.7. The Balaban J connectivity index is 1.79. The summed E-state index contributed by atoms with van der Waals surface area (Å²) in [6, 6.07) is 4.66. The van der Waals surface area contributed by atoms with Crippen molar-refractivity contribution in [2.24, 2.45) is 16.8 Å². The first-order valence-corrected chi connectivity index (χ1v) is 7.95. The van der Waals surface area contributed by atoms with E-state index in [4.69, 9.17) is 10.9 Å². The third-order valence-corrected chi connectivity index (χ3v) is 4.97. The molecule has 3 rings (SSSR count). The minimum Gasteiger partial charge on any atom is -0.409 e. The van der Waals surface area contributed by atoms with Gasteiger partial charge in [-0.15, -0.1) is 0 Å². The van der Waals surface area contributed by atoms with Gasteiger partial charge in [-0.05, 0) is 49.8 Å². The van der Waals surface area contributed by atoms with E-state index >= 15 is 0 Å². The smallest absolute Gasteiger partial charge is 0.189 e. The SMILES string of the molecule is NC(=NO)c1ncccc1CN1CCCC2CCCCC21. The van der Waals surface area contributed by atoms with Crippen molar-refractivity contribution < 1.29 is 5.21 Å². The summed E-state index contributed by atoms with van der Waals surface area (Å²) in [4.78, 5) is 6.86. The number of likely N-dealkylation sites (tertiary alicyclic amines) is 1. The molecule has 1 aliphatic heterocycles. The normalized spacial score (nSPS) is 27.3. The minimum absolute atomic E-state index is 0.0998. The van der Waals surface area contributed by atoms with Crippen LogP contribution in [0.25, 0.3) is 0 Å². The summed E-state index contributed by atoms with van der Waals surface area (Å²) in [5, 5.41) is 12.0. The molecule has 0 amide bonds. The Kier molecular flexibility index (Phi) is 4.39. The van der Waals surface area contributed by atoms with E-state index in [1.54, 1.807) is 6.20 Å². The minimum atomic E-state index is 0.0998. The van der Waals surface area contributed by atoms with E-state index in [1.165, 1.54) is 38.5 Å². The van der Waals surface area contributed by atoms with Crippen LogP contribution in [0.4, 0.5) is 0 Å². The van der Waals surface area contributed by atoms with Crippen molar-refractivity contribution in [1.82, 2.24) is 9.88 Å². The van der Waals surface area contributed by atoms with Gasteiger partial charge in [-0.2, -0.15) is 0 Å². The Morgan fingerprint density at radius 2 is 2.14 bits per heavy atom. The predicted molar refractivity (Wildman–Crippen MR) is 82.1 cm³/mol. The lowest BCUT2D eigenvalue weighted by Crippen LogP contribution is -2.46. The van der Waals surface area contributed by atoms with Crippen molar-refractivity contribution in [3.05, 3.63) is 29.6 Å². The number of fused-ring (bicyclic) bond motifs is 1. The van der Waals surface area contributed by atoms with Crippen molar-refractivity contribution in [2.75, 3.05) is 6.54 Å². The van der Waals surface area contributed by atoms with Crippen molar-refractivity contribution in [3.8, 4) is 0 Å². The predicted octanol–water partition coefficient (Wildman–Crippen LogP) is 2.33. The Morgan fingerprint density at radius 1 is 1.33 bits per heavy atom. The molecule has 2 unspecified atom stereocenters. The van der Waals surface area contributed by atoms with Gasteiger partial charge in [0, 0.05) is 18.8 Å². The summed E-state index contributed by atoms with van der Waals surface area (Å²) < 4.78 is 0. The van der Waals surface area contributed by atoms with Crippen LogP contribution in [-0.4, -0.2) is 33.5 Å². The number of aromatic nitrogens is 1. The first kappa shape index (κ1) is 14.3. The Bertz CT molecular complexity index is 515. The molecule has 2 aliphatic rings. The van der Waals surface area contributed by atoms with E-state index in [-0.39, 0.29) is 5.84 Å². The molecule has 0 aromatic carbocycles. The molecule has 0 bridgehead atoms. The second-order valence-corrected chi connectivity index (χ2v) is 6.22. The molecular weight excluding hydrogens is 264 g/mol. The molecule has 1 aliphatic carbocycles. The number of rotatable bonds is 3. The van der Waals surface area contributed by atoms with Gasteiger partial charge in [0.2, 0.25) is 0 Å². The fourth-order valence-corrected chi connectivity index (χ4v) is 3.99. The van der Waals surface area contributed by atoms with Crippen LogP contribution in [0.5, 0.6) is 0 Å². The number of hydrogen-bond donors (Lipinski definition) is 2. The lowest BCUT2D eigenvalue weighted by molar-refractivity contribution is 0.0546. The number of piperidine rings is 1. The lowest BCUT2D eigenvalue weighted by atomic mass is 9.78. The fourth-order valence-electron chi connectivity index (χ4n) is 3.99. The van der Waals surface area contributed by atoms with Crippen molar-refractivity contribution >= 4 is 5.84 Å². The van der Waals surface area contributed by atoms with E-state index in [0.717, 1.165) is 24.6 Å². The molecule has 114 valence electrons. The second-order valence-electron chi connectivity index (χ2n) is 6.22. The largest absolute Gasteiger partial charge is 0.409 e. The van der Waals surface area contributed by atoms with Crippen molar-refractivity contribution in [1.29, 1.82) is 0 Å². The van der Waals surface area contributed by atoms with Crippen LogP contribution < -0.4 is 5.73 Å². The number of amidine groups is 1. The highest BCUT2D eigenvalue weighted by Crippen LogP contribution is 2.36. The van der Waals surface area contributed by atoms with Gasteiger partial charge < -0.3 is 10.9 Å². The molecule has 1 saturated heterocycles. The summed E-state index contributed by atoms with van der Waals surface area (Å²) in [7, 11) is 0. The summed E-state index contributed by atoms with van der Waals surface area (Å²) in [6.07, 6.45) is 9.76. The maximum Gasteiger partial charge on any atom is 0.189 e. The van der Waals surface area contributed by atoms with Gasteiger partial charge in [-0.3, -0.25) is 9.88 Å². The van der Waals surface area contributed by atoms with Gasteiger partial charge in [0.15, 0.2) is 5.84 Å². The highest BCUT2D eigenvalue weighted by atomic mass is 16.4. The van der Waals surface area contributed by atoms with Crippen molar-refractivity contribution in [2.45, 2.75) is 51.1 Å². The zero-order valence-electron chi connectivity index (χ0n) is 12.4. The Labute approximate surface area is 125 Å². The van der Waals surface area contributed by atoms with E-state index in [0.29, 0.717) is 11.7 Å². The standard InChI is InChI=1S/C16H24N4O/c17-16(19-21)15-13(6-3-9-18-15)11-20-10-4-7-12-5-1-2-8-14(12)20/h3,6,9,12,14,21H,1-2,4-5,7-8,10-11H2,(H2,17,19). The van der Waals surface area contributed by atoms with E-state index in [2.05, 4.69) is 15.0 Å². The molecule has 0 spiro atoms. The Morgan fingerprint density at radius 3 is 3.00 bits per heavy atom. The van der Waals surface area contributed by atoms with Crippen LogP contribution in [0.1, 0.15) is 49.8 Å². The van der Waals surface area contributed by atoms with Crippen LogP contribution >= 0.6 is 0 Å². The molecule has 2 fully saturated rings. The molecule has 1 saturated carbocycles. The number of nitrogens with zero attached hydrogens (tertiary/aromatic N) is 3. The maximum absolute atomic E-state index is 8.92. The van der Waals surface area contributed by atoms with E-state index in [1.807, 2.05) is 12.1 Å². The molecule has 1 aromatic rings. The van der Waals surface area contributed by atoms with Gasteiger partial charge >= 0.3 is 0 Å². The van der Waals surface area contributed by atoms with Crippen LogP contribution in [0, 0.1) is 5.92 Å². The van der Waals surface area contributed by atoms with Crippen LogP contribution in [0.15, 0.2) is 23.5 Å². The Hall–Kier alpha value is -1.62. The monoisotopic (exact) mass is 288 g/mol. The van der Waals surface area contributed by atoms with Crippen LogP contribution in [-0.2, 0) is 6.54 Å². The maximum atomic E-state index is 8.92. The summed E-state index contributed by atoms with van der Waals surface area (Å²) >= 11 is 0. The number of hydrogen-bond acceptors (Lipinski definition) is 4. The zero-order valence-corrected chi connectivity index (χ0v) is 12.4. The van der Waals surface area contributed by atoms with E-state index < -0.39 is 0 Å². The van der Waals surface area contributed by atoms with Crippen LogP contribution in [0.2, 0.25) is 0 Å². The van der Waals surface area contributed by atoms with Gasteiger partial charge in [-0.25, -0.2) is 0 Å². The molecular formula is C16H24N4O. The first-order valence-electron chi connectivity index (χ1n) is 7.95. The molecule has 0 radical (unpaired) electrons. The molecule has 1 aromatic heterocycles. The van der Waals surface area contributed by atoms with Crippen molar-refractivity contribution in [3.63, 3.8) is 0 Å². The quantitative estimate of drug-likeness (QED) is 0.387. The van der Waals surface area contributed by atoms with Gasteiger partial charge in [0.25, 0.3) is 0 Å². The summed E-state index contributed by atoms with van der Waals surface area (Å²) in [6.45, 7) is 1.99. The molecule has 2 atom stereocenters. The van der Waals surface area contributed by atoms with E-state index in [9.17, 15) is 0 Å². The number of nitrogens with two attached hydrogens (primary N) is 1. The molecule has 2 heterocycles. The summed E-state index contributed by atoms with van der Waals surface area (Å²) in [5.41, 5.74) is 7.41. The lowest BCUT2D eigenvalue weighted by Gasteiger charge is -2.44. The molecule has 5 heteroatoms. The third kappa shape index (κ3) is 3.02. The van der Waals surface area contributed by atoms with Gasteiger partial charge in [0.05, 0.1) is 0 Å². The van der Waals surface area contributed by atoms with Gasteiger partial charge in [0.1, 0.15) is 5.69 Å². The third-order valence-electron chi connectivity index (χ3n) is 4.97. The highest BCUT2D eigenvalue weighted by Gasteiger charge is 2.33. The molecule has 3 N–H and O–H groups in total. The number of pyridine rings is 1. The number of oxime groups is 1. The average Bonchev–Trinajstić information content (AvgIpc) is 2.55. The topological polar surface area (TPSA) is 74.7 Å².